The van der Waals surface area contributed by atoms with Gasteiger partial charge in [-0.25, -0.2) is 0 Å². The summed E-state index contributed by atoms with van der Waals surface area (Å²) in [5, 5.41) is 0. The van der Waals surface area contributed by atoms with Crippen LogP contribution in [0.2, 0.25) is 0 Å². The summed E-state index contributed by atoms with van der Waals surface area (Å²) in [5.41, 5.74) is 2.85. The van der Waals surface area contributed by atoms with E-state index in [9.17, 15) is 4.79 Å². The van der Waals surface area contributed by atoms with E-state index in [0.29, 0.717) is 18.8 Å². The van der Waals surface area contributed by atoms with Crippen LogP contribution in [-0.2, 0) is 6.42 Å². The average Bonchev–Trinajstić information content (AvgIpc) is 2.59. The second-order valence-corrected chi connectivity index (χ2v) is 5.15. The maximum atomic E-state index is 12.2. The van der Waals surface area contributed by atoms with Gasteiger partial charge >= 0.3 is 0 Å². The minimum atomic E-state index is -0.00228. The lowest BCUT2D eigenvalue weighted by molar-refractivity contribution is 0.104. The molecule has 0 N–H and O–H groups in total. The topological polar surface area (TPSA) is 35.5 Å². The monoisotopic (exact) mass is 294 g/mol. The quantitative estimate of drug-likeness (QED) is 0.633. The molecule has 3 rings (SSSR count). The van der Waals surface area contributed by atoms with Gasteiger partial charge in [0.25, 0.3) is 0 Å². The molecule has 0 saturated carbocycles. The summed E-state index contributed by atoms with van der Waals surface area (Å²) in [6, 6.07) is 13.4. The van der Waals surface area contributed by atoms with Crippen LogP contribution in [0.3, 0.4) is 0 Å². The summed E-state index contributed by atoms with van der Waals surface area (Å²) in [5.74, 6) is 1.48. The minimum absolute atomic E-state index is 0.00228. The summed E-state index contributed by atoms with van der Waals surface area (Å²) in [6.07, 6.45) is 4.36. The van der Waals surface area contributed by atoms with Gasteiger partial charge in [-0.3, -0.25) is 4.79 Å². The highest BCUT2D eigenvalue weighted by Gasteiger charge is 2.10. The van der Waals surface area contributed by atoms with Gasteiger partial charge in [-0.15, -0.1) is 0 Å². The highest BCUT2D eigenvalue weighted by atomic mass is 16.6. The zero-order chi connectivity index (χ0) is 15.4. The number of ketones is 1. The first-order valence-corrected chi connectivity index (χ1v) is 7.47. The van der Waals surface area contributed by atoms with Crippen molar-refractivity contribution >= 4 is 11.9 Å². The van der Waals surface area contributed by atoms with Crippen LogP contribution in [-0.4, -0.2) is 19.0 Å². The second kappa shape index (κ2) is 6.48. The predicted molar refractivity (Wildman–Crippen MR) is 86.6 cm³/mol. The molecule has 0 aliphatic carbocycles. The molecule has 0 saturated heterocycles. The third-order valence-corrected chi connectivity index (χ3v) is 3.64. The molecule has 1 heterocycles. The first-order valence-electron chi connectivity index (χ1n) is 7.47. The van der Waals surface area contributed by atoms with E-state index in [-0.39, 0.29) is 5.78 Å². The van der Waals surface area contributed by atoms with E-state index < -0.39 is 0 Å². The summed E-state index contributed by atoms with van der Waals surface area (Å²) in [7, 11) is 0. The molecule has 0 amide bonds. The molecule has 0 fully saturated rings. The molecule has 0 atom stereocenters. The summed E-state index contributed by atoms with van der Waals surface area (Å²) < 4.78 is 11.0. The van der Waals surface area contributed by atoms with Crippen molar-refractivity contribution in [2.45, 2.75) is 13.3 Å². The lowest BCUT2D eigenvalue weighted by Gasteiger charge is -2.18. The maximum Gasteiger partial charge on any atom is 0.185 e. The zero-order valence-corrected chi connectivity index (χ0v) is 12.5. The van der Waals surface area contributed by atoms with Crippen molar-refractivity contribution in [2.24, 2.45) is 0 Å². The Kier molecular flexibility index (Phi) is 4.24. The Morgan fingerprint density at radius 1 is 1.05 bits per heavy atom. The number of carbonyl (C=O) groups is 1. The van der Waals surface area contributed by atoms with Crippen LogP contribution in [0.4, 0.5) is 0 Å². The first kappa shape index (κ1) is 14.4. The van der Waals surface area contributed by atoms with E-state index >= 15 is 0 Å². The van der Waals surface area contributed by atoms with Crippen molar-refractivity contribution in [1.82, 2.24) is 0 Å². The van der Waals surface area contributed by atoms with Gasteiger partial charge < -0.3 is 9.47 Å². The maximum absolute atomic E-state index is 12.2. The lowest BCUT2D eigenvalue weighted by atomic mass is 10.1. The summed E-state index contributed by atoms with van der Waals surface area (Å²) in [6.45, 7) is 3.23. The standard InChI is InChI=1S/C19H18O3/c1-2-14-3-7-16(8-4-14)17(20)9-5-15-6-10-18-19(13-15)22-12-11-21-18/h3-10,13H,2,11-12H2,1H3/b9-5+. The third kappa shape index (κ3) is 3.19. The molecule has 3 nitrogen and oxygen atoms in total. The predicted octanol–water partition coefficient (Wildman–Crippen LogP) is 3.92. The Labute approximate surface area is 130 Å². The number of ether oxygens (including phenoxy) is 2. The van der Waals surface area contributed by atoms with Gasteiger partial charge in [0.15, 0.2) is 17.3 Å². The number of rotatable bonds is 4. The fourth-order valence-corrected chi connectivity index (χ4v) is 2.34. The van der Waals surface area contributed by atoms with Crippen molar-refractivity contribution in [2.75, 3.05) is 13.2 Å². The molecule has 2 aromatic carbocycles. The Morgan fingerprint density at radius 2 is 1.77 bits per heavy atom. The van der Waals surface area contributed by atoms with Gasteiger partial charge in [0.05, 0.1) is 0 Å². The number of allylic oxidation sites excluding steroid dienone is 1. The van der Waals surface area contributed by atoms with Crippen molar-refractivity contribution in [3.63, 3.8) is 0 Å². The largest absolute Gasteiger partial charge is 0.486 e. The molecule has 2 aromatic rings. The fourth-order valence-electron chi connectivity index (χ4n) is 2.34. The number of carbonyl (C=O) groups excluding carboxylic acids is 1. The van der Waals surface area contributed by atoms with Crippen LogP contribution >= 0.6 is 0 Å². The van der Waals surface area contributed by atoms with Gasteiger partial charge in [0.1, 0.15) is 13.2 Å². The summed E-state index contributed by atoms with van der Waals surface area (Å²) in [4.78, 5) is 12.2. The van der Waals surface area contributed by atoms with Crippen LogP contribution < -0.4 is 9.47 Å². The molecule has 0 radical (unpaired) electrons. The van der Waals surface area contributed by atoms with Crippen LogP contribution in [0, 0.1) is 0 Å². The van der Waals surface area contributed by atoms with Gasteiger partial charge in [-0.05, 0) is 35.8 Å². The van der Waals surface area contributed by atoms with Crippen LogP contribution in [0.5, 0.6) is 11.5 Å². The van der Waals surface area contributed by atoms with Gasteiger partial charge in [-0.2, -0.15) is 0 Å². The molecule has 112 valence electrons. The first-order chi connectivity index (χ1) is 10.8. The smallest absolute Gasteiger partial charge is 0.185 e. The van der Waals surface area contributed by atoms with Crippen LogP contribution in [0.1, 0.15) is 28.4 Å². The lowest BCUT2D eigenvalue weighted by Crippen LogP contribution is -2.15. The Bertz CT molecular complexity index is 699. The molecule has 0 aromatic heterocycles. The van der Waals surface area contributed by atoms with E-state index in [4.69, 9.17) is 9.47 Å². The number of fused-ring (bicyclic) bond motifs is 1. The number of aryl methyl sites for hydroxylation is 1. The minimum Gasteiger partial charge on any atom is -0.486 e. The van der Waals surface area contributed by atoms with Crippen molar-refractivity contribution in [1.29, 1.82) is 0 Å². The molecular formula is C19H18O3. The molecule has 0 spiro atoms. The molecule has 3 heteroatoms. The molecule has 1 aliphatic rings. The van der Waals surface area contributed by atoms with Crippen LogP contribution in [0.25, 0.3) is 6.08 Å². The van der Waals surface area contributed by atoms with Gasteiger partial charge in [0, 0.05) is 5.56 Å². The highest BCUT2D eigenvalue weighted by Crippen LogP contribution is 2.31. The van der Waals surface area contributed by atoms with Crippen molar-refractivity contribution in [3.8, 4) is 11.5 Å². The summed E-state index contributed by atoms with van der Waals surface area (Å²) >= 11 is 0. The SMILES string of the molecule is CCc1ccc(C(=O)/C=C/c2ccc3c(c2)OCCO3)cc1. The average molecular weight is 294 g/mol. The molecular weight excluding hydrogens is 276 g/mol. The van der Waals surface area contributed by atoms with E-state index in [1.807, 2.05) is 42.5 Å². The van der Waals surface area contributed by atoms with Gasteiger partial charge in [0.2, 0.25) is 0 Å². The normalized spacial score (nSPS) is 13.3. The highest BCUT2D eigenvalue weighted by molar-refractivity contribution is 6.06. The third-order valence-electron chi connectivity index (χ3n) is 3.64. The molecule has 1 aliphatic heterocycles. The van der Waals surface area contributed by atoms with E-state index in [1.54, 1.807) is 12.2 Å². The van der Waals surface area contributed by atoms with Crippen molar-refractivity contribution < 1.29 is 14.3 Å². The number of hydrogen-bond donors (Lipinski definition) is 0. The van der Waals surface area contributed by atoms with Crippen molar-refractivity contribution in [3.05, 3.63) is 65.2 Å². The van der Waals surface area contributed by atoms with E-state index in [2.05, 4.69) is 6.92 Å². The Balaban J connectivity index is 1.74. The Hall–Kier alpha value is -2.55. The van der Waals surface area contributed by atoms with Gasteiger partial charge in [-0.1, -0.05) is 43.3 Å². The van der Waals surface area contributed by atoms with E-state index in [0.717, 1.165) is 23.5 Å². The fraction of sp³-hybridized carbons (Fsp3) is 0.211. The second-order valence-electron chi connectivity index (χ2n) is 5.15. The molecule has 0 unspecified atom stereocenters. The molecule has 22 heavy (non-hydrogen) atoms. The Morgan fingerprint density at radius 3 is 2.50 bits per heavy atom. The van der Waals surface area contributed by atoms with E-state index in [1.165, 1.54) is 5.56 Å². The van der Waals surface area contributed by atoms with Crippen LogP contribution in [0.15, 0.2) is 48.5 Å². The number of hydrogen-bond acceptors (Lipinski definition) is 3. The zero-order valence-electron chi connectivity index (χ0n) is 12.5. The molecule has 0 bridgehead atoms. The number of benzene rings is 2.